The summed E-state index contributed by atoms with van der Waals surface area (Å²) in [7, 11) is 0. The molecule has 78 valence electrons. The Balaban J connectivity index is 2.35. The van der Waals surface area contributed by atoms with Crippen molar-refractivity contribution in [1.29, 1.82) is 0 Å². The first-order valence-corrected chi connectivity index (χ1v) is 5.18. The molecule has 1 heterocycles. The topological polar surface area (TPSA) is 93.8 Å². The average molecular weight is 215 g/mol. The van der Waals surface area contributed by atoms with E-state index in [1.54, 1.807) is 0 Å². The minimum absolute atomic E-state index is 0.0825. The molecule has 1 rings (SSSR count). The zero-order valence-corrected chi connectivity index (χ0v) is 8.75. The first kappa shape index (κ1) is 11.0. The summed E-state index contributed by atoms with van der Waals surface area (Å²) in [5, 5.41) is 10.0. The van der Waals surface area contributed by atoms with Crippen LogP contribution in [-0.4, -0.2) is 27.3 Å². The van der Waals surface area contributed by atoms with Crippen molar-refractivity contribution in [1.82, 2.24) is 14.8 Å². The molecule has 0 bridgehead atoms. The highest BCUT2D eigenvalue weighted by Crippen LogP contribution is 2.10. The van der Waals surface area contributed by atoms with Crippen molar-refractivity contribution in [2.45, 2.75) is 19.8 Å². The van der Waals surface area contributed by atoms with Gasteiger partial charge in [0.15, 0.2) is 0 Å². The third-order valence-corrected chi connectivity index (χ3v) is 2.44. The van der Waals surface area contributed by atoms with E-state index in [9.17, 15) is 4.79 Å². The standard InChI is InChI=1S/C7H13N5OS/c1-2-5(4-8)3-6(13)9-7-10-11-12-14-7/h5H,2-4,8H2,1H3,(H,9,10,12,13). The summed E-state index contributed by atoms with van der Waals surface area (Å²) in [5.41, 5.74) is 5.49. The van der Waals surface area contributed by atoms with E-state index in [0.717, 1.165) is 18.0 Å². The van der Waals surface area contributed by atoms with Gasteiger partial charge in [0.05, 0.1) is 0 Å². The average Bonchev–Trinajstić information content (AvgIpc) is 2.66. The van der Waals surface area contributed by atoms with Crippen molar-refractivity contribution in [2.24, 2.45) is 11.7 Å². The lowest BCUT2D eigenvalue weighted by Crippen LogP contribution is -2.21. The zero-order valence-electron chi connectivity index (χ0n) is 7.93. The van der Waals surface area contributed by atoms with Crippen molar-refractivity contribution >= 4 is 22.6 Å². The minimum Gasteiger partial charge on any atom is -0.330 e. The summed E-state index contributed by atoms with van der Waals surface area (Å²) >= 11 is 1.06. The molecule has 14 heavy (non-hydrogen) atoms. The van der Waals surface area contributed by atoms with Gasteiger partial charge in [-0.05, 0) is 17.7 Å². The lowest BCUT2D eigenvalue weighted by atomic mass is 10.0. The fourth-order valence-corrected chi connectivity index (χ4v) is 1.39. The summed E-state index contributed by atoms with van der Waals surface area (Å²) in [5.74, 6) is 0.150. The number of aromatic nitrogens is 3. The van der Waals surface area contributed by atoms with Crippen molar-refractivity contribution in [3.8, 4) is 0 Å². The molecule has 3 N–H and O–H groups in total. The number of rotatable bonds is 5. The summed E-state index contributed by atoms with van der Waals surface area (Å²) in [4.78, 5) is 11.4. The van der Waals surface area contributed by atoms with E-state index in [4.69, 9.17) is 5.73 Å². The molecule has 1 aromatic heterocycles. The van der Waals surface area contributed by atoms with E-state index in [1.807, 2.05) is 6.92 Å². The third kappa shape index (κ3) is 3.35. The Morgan fingerprint density at radius 2 is 2.50 bits per heavy atom. The van der Waals surface area contributed by atoms with Gasteiger partial charge in [-0.1, -0.05) is 22.9 Å². The van der Waals surface area contributed by atoms with Gasteiger partial charge in [0.1, 0.15) is 0 Å². The summed E-state index contributed by atoms with van der Waals surface area (Å²) in [6, 6.07) is 0. The molecule has 7 heteroatoms. The quantitative estimate of drug-likeness (QED) is 0.734. The molecule has 0 aliphatic heterocycles. The number of anilines is 1. The Morgan fingerprint density at radius 1 is 1.71 bits per heavy atom. The number of nitrogens with two attached hydrogens (primary N) is 1. The molecule has 1 unspecified atom stereocenters. The van der Waals surface area contributed by atoms with Gasteiger partial charge in [-0.15, -0.1) is 0 Å². The fourth-order valence-electron chi connectivity index (χ4n) is 1.01. The maximum absolute atomic E-state index is 11.4. The smallest absolute Gasteiger partial charge is 0.231 e. The number of hydrogen-bond acceptors (Lipinski definition) is 6. The predicted octanol–water partition coefficient (Wildman–Crippen LogP) is 0.247. The lowest BCUT2D eigenvalue weighted by molar-refractivity contribution is -0.117. The number of nitrogens with one attached hydrogen (secondary N) is 1. The molecule has 0 spiro atoms. The van der Waals surface area contributed by atoms with Crippen LogP contribution in [0, 0.1) is 5.92 Å². The number of amides is 1. The maximum atomic E-state index is 11.4. The molecule has 0 aliphatic carbocycles. The van der Waals surface area contributed by atoms with Crippen LogP contribution >= 0.6 is 11.5 Å². The fraction of sp³-hybridized carbons (Fsp3) is 0.714. The Hall–Kier alpha value is -1.08. The molecule has 0 aliphatic rings. The molecule has 0 fully saturated rings. The van der Waals surface area contributed by atoms with Gasteiger partial charge >= 0.3 is 0 Å². The molecule has 0 aromatic carbocycles. The van der Waals surface area contributed by atoms with Gasteiger partial charge in [0.25, 0.3) is 0 Å². The number of carbonyl (C=O) groups excluding carboxylic acids is 1. The van der Waals surface area contributed by atoms with Gasteiger partial charge in [-0.3, -0.25) is 10.1 Å². The second-order valence-electron chi connectivity index (χ2n) is 2.93. The Labute approximate surface area is 86.0 Å². The molecule has 1 aromatic rings. The Kier molecular flexibility index (Phi) is 4.41. The van der Waals surface area contributed by atoms with Gasteiger partial charge in [-0.2, -0.15) is 0 Å². The third-order valence-electron chi connectivity index (χ3n) is 1.93. The van der Waals surface area contributed by atoms with Crippen molar-refractivity contribution in [3.05, 3.63) is 0 Å². The molecule has 1 atom stereocenters. The monoisotopic (exact) mass is 215 g/mol. The van der Waals surface area contributed by atoms with E-state index in [1.165, 1.54) is 0 Å². The zero-order chi connectivity index (χ0) is 10.4. The van der Waals surface area contributed by atoms with Crippen molar-refractivity contribution in [2.75, 3.05) is 11.9 Å². The maximum Gasteiger partial charge on any atom is 0.231 e. The molecule has 0 saturated carbocycles. The van der Waals surface area contributed by atoms with E-state index < -0.39 is 0 Å². The van der Waals surface area contributed by atoms with Crippen LogP contribution in [0.4, 0.5) is 5.13 Å². The van der Waals surface area contributed by atoms with Crippen LogP contribution in [0.25, 0.3) is 0 Å². The van der Waals surface area contributed by atoms with Crippen LogP contribution in [0.3, 0.4) is 0 Å². The normalized spacial score (nSPS) is 12.4. The van der Waals surface area contributed by atoms with E-state index >= 15 is 0 Å². The van der Waals surface area contributed by atoms with Gasteiger partial charge in [0, 0.05) is 18.0 Å². The van der Waals surface area contributed by atoms with Gasteiger partial charge < -0.3 is 5.73 Å². The molecule has 6 nitrogen and oxygen atoms in total. The van der Waals surface area contributed by atoms with E-state index in [0.29, 0.717) is 18.1 Å². The highest BCUT2D eigenvalue weighted by atomic mass is 32.1. The largest absolute Gasteiger partial charge is 0.330 e. The van der Waals surface area contributed by atoms with E-state index in [-0.39, 0.29) is 11.8 Å². The van der Waals surface area contributed by atoms with Crippen LogP contribution in [0.1, 0.15) is 19.8 Å². The van der Waals surface area contributed by atoms with Crippen LogP contribution < -0.4 is 11.1 Å². The van der Waals surface area contributed by atoms with E-state index in [2.05, 4.69) is 20.1 Å². The number of nitrogens with zero attached hydrogens (tertiary/aromatic N) is 3. The van der Waals surface area contributed by atoms with Gasteiger partial charge in [-0.25, -0.2) is 0 Å². The van der Waals surface area contributed by atoms with Crippen LogP contribution in [-0.2, 0) is 4.79 Å². The first-order chi connectivity index (χ1) is 6.76. The van der Waals surface area contributed by atoms with Crippen LogP contribution in [0.2, 0.25) is 0 Å². The molecular weight excluding hydrogens is 202 g/mol. The highest BCUT2D eigenvalue weighted by molar-refractivity contribution is 7.09. The number of hydrogen-bond donors (Lipinski definition) is 2. The Morgan fingerprint density at radius 3 is 3.00 bits per heavy atom. The summed E-state index contributed by atoms with van der Waals surface area (Å²) < 4.78 is 3.54. The highest BCUT2D eigenvalue weighted by Gasteiger charge is 2.11. The van der Waals surface area contributed by atoms with Gasteiger partial charge in [0.2, 0.25) is 11.0 Å². The molecular formula is C7H13N5OS. The van der Waals surface area contributed by atoms with Crippen molar-refractivity contribution < 1.29 is 4.79 Å². The number of carbonyl (C=O) groups is 1. The predicted molar refractivity (Wildman–Crippen MR) is 53.8 cm³/mol. The molecule has 0 radical (unpaired) electrons. The molecule has 1 amide bonds. The minimum atomic E-state index is -0.0825. The van der Waals surface area contributed by atoms with Crippen LogP contribution in [0.5, 0.6) is 0 Å². The van der Waals surface area contributed by atoms with Crippen LogP contribution in [0.15, 0.2) is 0 Å². The summed E-state index contributed by atoms with van der Waals surface area (Å²) in [6.45, 7) is 2.54. The molecule has 0 saturated heterocycles. The Bertz CT molecular complexity index is 272. The second-order valence-corrected chi connectivity index (χ2v) is 3.66. The summed E-state index contributed by atoms with van der Waals surface area (Å²) in [6.07, 6.45) is 1.32. The second kappa shape index (κ2) is 5.61. The van der Waals surface area contributed by atoms with Crippen molar-refractivity contribution in [3.63, 3.8) is 0 Å². The SMILES string of the molecule is CCC(CN)CC(=O)Nc1nnns1. The first-order valence-electron chi connectivity index (χ1n) is 4.41. The lowest BCUT2D eigenvalue weighted by Gasteiger charge is -2.09.